The Morgan fingerprint density at radius 3 is 0.245 bits per heavy atom. The van der Waals surface area contributed by atoms with E-state index in [-0.39, 0.29) is 89.9 Å². The first-order valence-corrected chi connectivity index (χ1v) is 14.2. The topological polar surface area (TPSA) is 304 Å². The summed E-state index contributed by atoms with van der Waals surface area (Å²) in [7, 11) is 0. The molecule has 0 radical (unpaired) electrons. The molecule has 7 rings (SSSR count). The average molecular weight is 701 g/mol. The summed E-state index contributed by atoms with van der Waals surface area (Å²) in [4.78, 5) is 140. The van der Waals surface area contributed by atoms with Crippen molar-refractivity contribution in [2.45, 2.75) is 89.9 Å². The molecule has 7 fully saturated rings. The zero-order valence-electron chi connectivity index (χ0n) is 25.5. The summed E-state index contributed by atoms with van der Waals surface area (Å²) in [6.07, 6.45) is 3.68. The third-order valence-electron chi connectivity index (χ3n) is 5.33. The van der Waals surface area contributed by atoms with Crippen molar-refractivity contribution in [3.63, 3.8) is 0 Å². The second kappa shape index (κ2) is 21.7. The lowest BCUT2D eigenvalue weighted by atomic mass is 10.4. The maximum absolute atomic E-state index is 10.0. The normalized spacial score (nSPS) is 20.0. The van der Waals surface area contributed by atoms with Gasteiger partial charge >= 0.3 is 83.6 Å². The van der Waals surface area contributed by atoms with Crippen LogP contribution in [0.4, 0.5) is 0 Å². The number of cyclic esters (lactones) is 14. The lowest BCUT2D eigenvalue weighted by Gasteiger charge is -1.79. The van der Waals surface area contributed by atoms with Gasteiger partial charge in [-0.05, 0) is 0 Å². The number of hydrogen-bond donors (Lipinski definition) is 0. The molecule has 7 saturated heterocycles. The van der Waals surface area contributed by atoms with Gasteiger partial charge in [0.15, 0.2) is 0 Å². The van der Waals surface area contributed by atoms with Crippen molar-refractivity contribution in [2.75, 3.05) is 0 Å². The van der Waals surface area contributed by atoms with E-state index in [1.165, 1.54) is 0 Å². The Balaban J connectivity index is 0.000000286. The Morgan fingerprint density at radius 2 is 0.224 bits per heavy atom. The van der Waals surface area contributed by atoms with Crippen molar-refractivity contribution in [2.24, 2.45) is 0 Å². The lowest BCUT2D eigenvalue weighted by molar-refractivity contribution is -0.153. The molecule has 0 bridgehead atoms. The van der Waals surface area contributed by atoms with Crippen LogP contribution in [0.5, 0.6) is 0 Å². The Kier molecular flexibility index (Phi) is 18.2. The number of carbonyl (C=O) groups is 14. The van der Waals surface area contributed by atoms with Gasteiger partial charge in [0.1, 0.15) is 0 Å². The van der Waals surface area contributed by atoms with E-state index in [9.17, 15) is 67.1 Å². The molecule has 21 heteroatoms. The van der Waals surface area contributed by atoms with Gasteiger partial charge in [0.25, 0.3) is 0 Å². The number of carbonyl (C=O) groups excluding carboxylic acids is 14. The van der Waals surface area contributed by atoms with Gasteiger partial charge in [-0.1, -0.05) is 0 Å². The maximum atomic E-state index is 10.0. The fourth-order valence-electron chi connectivity index (χ4n) is 3.03. The molecule has 0 aromatic carbocycles. The highest BCUT2D eigenvalue weighted by atomic mass is 16.6. The van der Waals surface area contributed by atoms with Gasteiger partial charge in [-0.25, -0.2) is 0 Å². The maximum Gasteiger partial charge on any atom is 0.314 e. The summed E-state index contributed by atoms with van der Waals surface area (Å²) in [5, 5.41) is 0. The van der Waals surface area contributed by atoms with Crippen molar-refractivity contribution in [1.82, 2.24) is 0 Å². The van der Waals surface area contributed by atoms with Crippen LogP contribution in [0.1, 0.15) is 89.9 Å². The zero-order chi connectivity index (χ0) is 36.9. The highest BCUT2D eigenvalue weighted by molar-refractivity contribution is 5.95. The van der Waals surface area contributed by atoms with Crippen LogP contribution >= 0.6 is 0 Å². The molecule has 7 aliphatic rings. The number of ether oxygens (including phenoxy) is 7. The average Bonchev–Trinajstić information content (AvgIpc) is 3.90. The number of hydrogen-bond acceptors (Lipinski definition) is 21. The molecule has 7 aliphatic heterocycles. The Labute approximate surface area is 274 Å². The van der Waals surface area contributed by atoms with Crippen LogP contribution in [0.3, 0.4) is 0 Å². The van der Waals surface area contributed by atoms with Crippen molar-refractivity contribution in [1.29, 1.82) is 0 Å². The summed E-state index contributed by atoms with van der Waals surface area (Å²) < 4.78 is 28.6. The second-order valence-corrected chi connectivity index (χ2v) is 9.42. The van der Waals surface area contributed by atoms with E-state index < -0.39 is 83.6 Å². The van der Waals surface area contributed by atoms with Gasteiger partial charge < -0.3 is 33.2 Å². The van der Waals surface area contributed by atoms with E-state index in [1.807, 2.05) is 0 Å². The smallest absolute Gasteiger partial charge is 0.314 e. The molecule has 0 N–H and O–H groups in total. The highest BCUT2D eigenvalue weighted by Crippen LogP contribution is 2.07. The second-order valence-electron chi connectivity index (χ2n) is 9.42. The quantitative estimate of drug-likeness (QED) is 0.165. The monoisotopic (exact) mass is 700 g/mol. The van der Waals surface area contributed by atoms with Crippen LogP contribution in [0.2, 0.25) is 0 Å². The van der Waals surface area contributed by atoms with E-state index in [2.05, 4.69) is 33.2 Å². The molecule has 0 aromatic heterocycles. The van der Waals surface area contributed by atoms with Gasteiger partial charge in [-0.15, -0.1) is 0 Å². The molecule has 0 saturated carbocycles. The van der Waals surface area contributed by atoms with E-state index >= 15 is 0 Å². The van der Waals surface area contributed by atoms with Crippen LogP contribution in [0, 0.1) is 0 Å². The fourth-order valence-corrected chi connectivity index (χ4v) is 3.03. The fraction of sp³-hybridized carbons (Fsp3) is 0.500. The van der Waals surface area contributed by atoms with Crippen molar-refractivity contribution < 1.29 is 100 Å². The van der Waals surface area contributed by atoms with E-state index in [0.29, 0.717) is 0 Å². The van der Waals surface area contributed by atoms with Crippen LogP contribution in [0.15, 0.2) is 0 Å². The molecule has 0 atom stereocenters. The molecule has 266 valence electrons. The first-order chi connectivity index (χ1) is 23.0. The Morgan fingerprint density at radius 1 is 0.163 bits per heavy atom. The summed E-state index contributed by atoms with van der Waals surface area (Å²) >= 11 is 0. The molecule has 0 amide bonds. The van der Waals surface area contributed by atoms with E-state index in [1.54, 1.807) is 0 Å². The van der Waals surface area contributed by atoms with Crippen LogP contribution in [-0.2, 0) is 100 Å². The van der Waals surface area contributed by atoms with Crippen molar-refractivity contribution in [3.05, 3.63) is 0 Å². The molecule has 0 unspecified atom stereocenters. The van der Waals surface area contributed by atoms with Gasteiger partial charge in [0, 0.05) is 0 Å². The number of rotatable bonds is 0. The van der Waals surface area contributed by atoms with Gasteiger partial charge in [-0.2, -0.15) is 0 Å². The Hall–Kier alpha value is -6.02. The van der Waals surface area contributed by atoms with Crippen molar-refractivity contribution in [3.8, 4) is 0 Å². The standard InChI is InChI=1S/7C4H4O3/c7*5-3-1-2-4(6)7-3/h7*1-2H2. The molecular weight excluding hydrogens is 672 g/mol. The molecule has 49 heavy (non-hydrogen) atoms. The summed E-state index contributed by atoms with van der Waals surface area (Å²) in [6, 6.07) is 0. The minimum Gasteiger partial charge on any atom is -0.393 e. The first-order valence-electron chi connectivity index (χ1n) is 14.2. The van der Waals surface area contributed by atoms with Crippen LogP contribution < -0.4 is 0 Å². The third-order valence-corrected chi connectivity index (χ3v) is 5.33. The minimum absolute atomic E-state index is 0.263. The Bertz CT molecular complexity index is 1010. The molecule has 7 heterocycles. The number of esters is 14. The van der Waals surface area contributed by atoms with E-state index in [4.69, 9.17) is 0 Å². The third kappa shape index (κ3) is 20.7. The van der Waals surface area contributed by atoms with Gasteiger partial charge in [0.2, 0.25) is 0 Å². The van der Waals surface area contributed by atoms with Gasteiger partial charge in [0.05, 0.1) is 89.9 Å². The minimum atomic E-state index is -0.398. The molecule has 0 spiro atoms. The summed E-state index contributed by atoms with van der Waals surface area (Å²) in [5.41, 5.74) is 0. The summed E-state index contributed by atoms with van der Waals surface area (Å²) in [5.74, 6) is -5.57. The van der Waals surface area contributed by atoms with E-state index in [0.717, 1.165) is 0 Å². The summed E-state index contributed by atoms with van der Waals surface area (Å²) in [6.45, 7) is 0. The molecule has 0 aliphatic carbocycles. The van der Waals surface area contributed by atoms with Crippen LogP contribution in [0.25, 0.3) is 0 Å². The van der Waals surface area contributed by atoms with Gasteiger partial charge in [-0.3, -0.25) is 67.1 Å². The lowest BCUT2D eigenvalue weighted by Crippen LogP contribution is -1.95. The SMILES string of the molecule is O=C1CCC(=O)O1.O=C1CCC(=O)O1.O=C1CCC(=O)O1.O=C1CCC(=O)O1.O=C1CCC(=O)O1.O=C1CCC(=O)O1.O=C1CCC(=O)O1. The highest BCUT2D eigenvalue weighted by Gasteiger charge is 2.22. The predicted octanol–water partition coefficient (Wildman–Crippen LogP) is -1.05. The molecule has 0 aromatic rings. The molecule has 21 nitrogen and oxygen atoms in total. The molecular formula is C28H28O21. The largest absolute Gasteiger partial charge is 0.393 e. The van der Waals surface area contributed by atoms with Crippen LogP contribution in [-0.4, -0.2) is 83.6 Å². The first kappa shape index (κ1) is 41.0. The van der Waals surface area contributed by atoms with Crippen molar-refractivity contribution >= 4 is 83.6 Å². The zero-order valence-corrected chi connectivity index (χ0v) is 25.5. The predicted molar refractivity (Wildman–Crippen MR) is 142 cm³/mol.